The lowest BCUT2D eigenvalue weighted by Crippen LogP contribution is -2.11. The normalized spacial score (nSPS) is 11.5. The first-order valence-corrected chi connectivity index (χ1v) is 21.2. The molecule has 0 N–H and O–H groups in total. The van der Waals surface area contributed by atoms with Gasteiger partial charge in [0.2, 0.25) is 0 Å². The van der Waals surface area contributed by atoms with Crippen LogP contribution in [0.5, 0.6) is 0 Å². The van der Waals surface area contributed by atoms with E-state index < -0.39 is 0 Å². The lowest BCUT2D eigenvalue weighted by molar-refractivity contribution is 0.669. The van der Waals surface area contributed by atoms with Crippen LogP contribution in [0.15, 0.2) is 241 Å². The summed E-state index contributed by atoms with van der Waals surface area (Å²) in [6.45, 7) is 0. The molecule has 0 unspecified atom stereocenters. The molecule has 12 aromatic rings. The van der Waals surface area contributed by atoms with E-state index in [0.717, 1.165) is 33.6 Å². The van der Waals surface area contributed by atoms with Gasteiger partial charge < -0.3 is 9.32 Å². The van der Waals surface area contributed by atoms with Crippen LogP contribution in [0.3, 0.4) is 0 Å². The fourth-order valence-corrected chi connectivity index (χ4v) is 9.43. The summed E-state index contributed by atoms with van der Waals surface area (Å²) in [5.41, 5.74) is 14.7. The number of furan rings is 1. The Morgan fingerprint density at radius 3 is 1.56 bits per heavy atom. The topological polar surface area (TPSA) is 16.4 Å². The van der Waals surface area contributed by atoms with Gasteiger partial charge in [0.25, 0.3) is 0 Å². The van der Waals surface area contributed by atoms with Gasteiger partial charge in [-0.25, -0.2) is 0 Å². The maximum atomic E-state index is 6.16. The van der Waals surface area contributed by atoms with Crippen molar-refractivity contribution >= 4 is 71.3 Å². The predicted octanol–water partition coefficient (Wildman–Crippen LogP) is 17.2. The highest BCUT2D eigenvalue weighted by Crippen LogP contribution is 2.43. The van der Waals surface area contributed by atoms with Crippen LogP contribution in [0.4, 0.5) is 17.1 Å². The molecule has 2 nitrogen and oxygen atoms in total. The Hall–Kier alpha value is -8.20. The second-order valence-corrected chi connectivity index (χ2v) is 16.1. The molecule has 0 spiro atoms. The Morgan fingerprint density at radius 1 is 0.274 bits per heavy atom. The van der Waals surface area contributed by atoms with Crippen LogP contribution in [0.1, 0.15) is 0 Å². The third-order valence-corrected chi connectivity index (χ3v) is 12.5. The van der Waals surface area contributed by atoms with Crippen molar-refractivity contribution in [1.29, 1.82) is 0 Å². The summed E-state index contributed by atoms with van der Waals surface area (Å²) >= 11 is 0. The second kappa shape index (κ2) is 14.8. The molecule has 0 amide bonds. The van der Waals surface area contributed by atoms with E-state index in [1.54, 1.807) is 0 Å². The number of hydrogen-bond donors (Lipinski definition) is 0. The third kappa shape index (κ3) is 6.12. The molecule has 62 heavy (non-hydrogen) atoms. The van der Waals surface area contributed by atoms with E-state index in [1.807, 2.05) is 12.1 Å². The highest BCUT2D eigenvalue weighted by Gasteiger charge is 2.18. The third-order valence-electron chi connectivity index (χ3n) is 12.5. The fourth-order valence-electron chi connectivity index (χ4n) is 9.43. The quantitative estimate of drug-likeness (QED) is 0.150. The van der Waals surface area contributed by atoms with Crippen molar-refractivity contribution in [3.05, 3.63) is 237 Å². The molecule has 0 saturated heterocycles. The summed E-state index contributed by atoms with van der Waals surface area (Å²) in [7, 11) is 0. The first-order chi connectivity index (χ1) is 30.7. The van der Waals surface area contributed by atoms with E-state index in [1.165, 1.54) is 82.2 Å². The SMILES string of the molecule is c1ccc(-c2ccccc2N(c2ccc(-c3ccc(-c4ccc5c(ccc6oc7ccccc7c65)c4)cc3)cc2)c2ccc(-c3cc4ccccc4c4ccccc34)cc2)cc1. The van der Waals surface area contributed by atoms with Gasteiger partial charge in [0, 0.05) is 27.7 Å². The molecule has 0 fully saturated rings. The largest absolute Gasteiger partial charge is 0.456 e. The minimum Gasteiger partial charge on any atom is -0.456 e. The van der Waals surface area contributed by atoms with E-state index in [0.29, 0.717) is 0 Å². The highest BCUT2D eigenvalue weighted by molar-refractivity contribution is 6.19. The summed E-state index contributed by atoms with van der Waals surface area (Å²) in [4.78, 5) is 2.39. The number of fused-ring (bicyclic) bond motifs is 8. The molecule has 0 saturated carbocycles. The Bertz CT molecular complexity index is 3600. The first-order valence-electron chi connectivity index (χ1n) is 21.2. The van der Waals surface area contributed by atoms with Crippen molar-refractivity contribution in [3.8, 4) is 44.5 Å². The smallest absolute Gasteiger partial charge is 0.136 e. The van der Waals surface area contributed by atoms with Crippen molar-refractivity contribution in [1.82, 2.24) is 0 Å². The first kappa shape index (κ1) is 35.7. The highest BCUT2D eigenvalue weighted by atomic mass is 16.3. The Labute approximate surface area is 360 Å². The van der Waals surface area contributed by atoms with Crippen LogP contribution in [-0.4, -0.2) is 0 Å². The number of nitrogens with zero attached hydrogens (tertiary/aromatic N) is 1. The number of anilines is 3. The van der Waals surface area contributed by atoms with Gasteiger partial charge in [0.05, 0.1) is 5.69 Å². The molecule has 2 heteroatoms. The second-order valence-electron chi connectivity index (χ2n) is 16.1. The number of benzene rings is 11. The lowest BCUT2D eigenvalue weighted by Gasteiger charge is -2.28. The summed E-state index contributed by atoms with van der Waals surface area (Å²) in [5.74, 6) is 0. The van der Waals surface area contributed by atoms with Crippen molar-refractivity contribution in [3.63, 3.8) is 0 Å². The zero-order valence-corrected chi connectivity index (χ0v) is 33.9. The van der Waals surface area contributed by atoms with E-state index in [2.05, 4.69) is 229 Å². The minimum absolute atomic E-state index is 0.924. The van der Waals surface area contributed by atoms with Gasteiger partial charge in [0.1, 0.15) is 11.2 Å². The Balaban J connectivity index is 0.895. The van der Waals surface area contributed by atoms with Crippen molar-refractivity contribution in [2.45, 2.75) is 0 Å². The molecule has 290 valence electrons. The molecule has 11 aromatic carbocycles. The van der Waals surface area contributed by atoms with Crippen molar-refractivity contribution in [2.75, 3.05) is 4.90 Å². The molecular weight excluding hydrogens is 751 g/mol. The molecule has 12 rings (SSSR count). The molecule has 0 atom stereocenters. The van der Waals surface area contributed by atoms with Crippen LogP contribution in [0.25, 0.3) is 98.8 Å². The van der Waals surface area contributed by atoms with Crippen LogP contribution in [0.2, 0.25) is 0 Å². The predicted molar refractivity (Wildman–Crippen MR) is 263 cm³/mol. The van der Waals surface area contributed by atoms with Gasteiger partial charge in [-0.15, -0.1) is 0 Å². The number of hydrogen-bond acceptors (Lipinski definition) is 2. The Kier molecular flexibility index (Phi) is 8.53. The van der Waals surface area contributed by atoms with Gasteiger partial charge in [-0.05, 0) is 126 Å². The molecule has 0 aliphatic carbocycles. The van der Waals surface area contributed by atoms with E-state index >= 15 is 0 Å². The standard InChI is InChI=1S/C60H39NO/c1-2-12-43(13-3-1)51-16-8-10-20-57(51)61(49-34-28-44(29-35-49)56-39-46-14-4-5-15-50(46)53-17-6-7-18-54(53)56)48-32-26-41(27-33-48)40-22-24-42(25-23-40)45-30-36-52-47(38-45)31-37-59-60(52)55-19-9-11-21-58(55)62-59/h1-39H. The van der Waals surface area contributed by atoms with Gasteiger partial charge in [-0.1, -0.05) is 182 Å². The van der Waals surface area contributed by atoms with Crippen molar-refractivity contribution < 1.29 is 4.42 Å². The van der Waals surface area contributed by atoms with Gasteiger partial charge in [0.15, 0.2) is 0 Å². The molecule has 0 aliphatic heterocycles. The van der Waals surface area contributed by atoms with E-state index in [4.69, 9.17) is 4.42 Å². The molecular formula is C60H39NO. The molecule has 1 heterocycles. The number of rotatable bonds is 7. The maximum Gasteiger partial charge on any atom is 0.136 e. The van der Waals surface area contributed by atoms with Crippen LogP contribution < -0.4 is 4.90 Å². The summed E-state index contributed by atoms with van der Waals surface area (Å²) < 4.78 is 6.16. The average Bonchev–Trinajstić information content (AvgIpc) is 3.74. The molecule has 0 bridgehead atoms. The maximum absolute atomic E-state index is 6.16. The van der Waals surface area contributed by atoms with Gasteiger partial charge in [-0.2, -0.15) is 0 Å². The van der Waals surface area contributed by atoms with Gasteiger partial charge in [-0.3, -0.25) is 0 Å². The fraction of sp³-hybridized carbons (Fsp3) is 0. The van der Waals surface area contributed by atoms with E-state index in [9.17, 15) is 0 Å². The van der Waals surface area contributed by atoms with E-state index in [-0.39, 0.29) is 0 Å². The monoisotopic (exact) mass is 789 g/mol. The Morgan fingerprint density at radius 2 is 0.806 bits per heavy atom. The van der Waals surface area contributed by atoms with Crippen LogP contribution >= 0.6 is 0 Å². The zero-order chi connectivity index (χ0) is 41.0. The molecule has 0 aliphatic rings. The molecule has 1 aromatic heterocycles. The molecule has 0 radical (unpaired) electrons. The average molecular weight is 790 g/mol. The minimum atomic E-state index is 0.924. The summed E-state index contributed by atoms with van der Waals surface area (Å²) in [5, 5.41) is 9.81. The van der Waals surface area contributed by atoms with Crippen LogP contribution in [-0.2, 0) is 0 Å². The summed E-state index contributed by atoms with van der Waals surface area (Å²) in [6, 6.07) is 85.5. The van der Waals surface area contributed by atoms with Crippen LogP contribution in [0, 0.1) is 0 Å². The number of para-hydroxylation sites is 2. The summed E-state index contributed by atoms with van der Waals surface area (Å²) in [6.07, 6.45) is 0. The van der Waals surface area contributed by atoms with Crippen molar-refractivity contribution in [2.24, 2.45) is 0 Å². The lowest BCUT2D eigenvalue weighted by atomic mass is 9.93. The zero-order valence-electron chi connectivity index (χ0n) is 33.9. The van der Waals surface area contributed by atoms with Gasteiger partial charge >= 0.3 is 0 Å².